The van der Waals surface area contributed by atoms with Crippen LogP contribution in [-0.4, -0.2) is 41.5 Å². The quantitative estimate of drug-likeness (QED) is 0.644. The lowest BCUT2D eigenvalue weighted by atomic mass is 9.47. The van der Waals surface area contributed by atoms with E-state index in [2.05, 4.69) is 31.7 Å². The van der Waals surface area contributed by atoms with Crippen molar-refractivity contribution in [3.05, 3.63) is 11.6 Å². The van der Waals surface area contributed by atoms with Crippen molar-refractivity contribution in [2.45, 2.75) is 91.1 Å². The van der Waals surface area contributed by atoms with Gasteiger partial charge in [0, 0.05) is 32.5 Å². The lowest BCUT2D eigenvalue weighted by Gasteiger charge is -2.58. The Morgan fingerprint density at radius 2 is 1.87 bits per heavy atom. The molecule has 30 heavy (non-hydrogen) atoms. The fourth-order valence-corrected chi connectivity index (χ4v) is 9.14. The van der Waals surface area contributed by atoms with E-state index in [1.54, 1.807) is 5.57 Å². The molecule has 0 aromatic carbocycles. The summed E-state index contributed by atoms with van der Waals surface area (Å²) in [5.74, 6) is 4.61. The molecule has 1 heterocycles. The number of hydrogen-bond donors (Lipinski definition) is 1. The van der Waals surface area contributed by atoms with Gasteiger partial charge in [0.1, 0.15) is 5.78 Å². The third kappa shape index (κ3) is 3.34. The van der Waals surface area contributed by atoms with E-state index in [9.17, 15) is 9.90 Å². The summed E-state index contributed by atoms with van der Waals surface area (Å²) in [7, 11) is 0. The van der Waals surface area contributed by atoms with E-state index in [-0.39, 0.29) is 6.10 Å². The molecule has 4 aliphatic carbocycles. The van der Waals surface area contributed by atoms with Gasteiger partial charge in [0.15, 0.2) is 0 Å². The van der Waals surface area contributed by atoms with Crippen molar-refractivity contribution >= 4 is 5.78 Å². The van der Waals surface area contributed by atoms with Crippen LogP contribution in [0.5, 0.6) is 0 Å². The molecule has 8 atom stereocenters. The number of aliphatic hydroxyl groups excluding tert-OH is 1. The van der Waals surface area contributed by atoms with Gasteiger partial charge in [0.05, 0.1) is 6.10 Å². The Morgan fingerprint density at radius 3 is 2.63 bits per heavy atom. The van der Waals surface area contributed by atoms with Crippen molar-refractivity contribution in [2.24, 2.45) is 40.4 Å². The Balaban J connectivity index is 1.31. The second-order valence-electron chi connectivity index (χ2n) is 12.2. The fourth-order valence-electron chi connectivity index (χ4n) is 9.14. The zero-order chi connectivity index (χ0) is 21.1. The molecule has 3 heteroatoms. The number of likely N-dealkylation sites (tertiary alicyclic amines) is 1. The minimum absolute atomic E-state index is 0.100. The van der Waals surface area contributed by atoms with Gasteiger partial charge in [-0.25, -0.2) is 0 Å². The lowest BCUT2D eigenvalue weighted by molar-refractivity contribution is -0.121. The van der Waals surface area contributed by atoms with Crippen LogP contribution in [0.1, 0.15) is 85.0 Å². The Bertz CT molecular complexity index is 706. The maximum absolute atomic E-state index is 11.6. The van der Waals surface area contributed by atoms with E-state index in [1.165, 1.54) is 45.1 Å². The number of rotatable bonds is 3. The van der Waals surface area contributed by atoms with E-state index in [0.717, 1.165) is 68.4 Å². The number of aliphatic hydroxyl groups is 1. The van der Waals surface area contributed by atoms with Crippen LogP contribution in [0, 0.1) is 40.4 Å². The van der Waals surface area contributed by atoms with Crippen LogP contribution in [0.25, 0.3) is 0 Å². The molecule has 0 amide bonds. The molecule has 3 saturated carbocycles. The Morgan fingerprint density at radius 1 is 1.10 bits per heavy atom. The predicted octanol–water partition coefficient (Wildman–Crippen LogP) is 5.23. The van der Waals surface area contributed by atoms with E-state index >= 15 is 0 Å². The summed E-state index contributed by atoms with van der Waals surface area (Å²) >= 11 is 0. The van der Waals surface area contributed by atoms with Gasteiger partial charge in [-0.1, -0.05) is 32.4 Å². The van der Waals surface area contributed by atoms with Gasteiger partial charge in [0.2, 0.25) is 0 Å². The van der Waals surface area contributed by atoms with Crippen LogP contribution in [0.2, 0.25) is 0 Å². The minimum atomic E-state index is -0.100. The van der Waals surface area contributed by atoms with Crippen molar-refractivity contribution in [1.29, 1.82) is 0 Å². The molecular formula is C27H43NO2. The minimum Gasteiger partial charge on any atom is -0.393 e. The summed E-state index contributed by atoms with van der Waals surface area (Å²) in [5.41, 5.74) is 2.45. The molecule has 3 unspecified atom stereocenters. The van der Waals surface area contributed by atoms with E-state index < -0.39 is 0 Å². The van der Waals surface area contributed by atoms with Crippen molar-refractivity contribution in [3.8, 4) is 0 Å². The summed E-state index contributed by atoms with van der Waals surface area (Å²) in [6.45, 7) is 10.8. The Labute approximate surface area is 183 Å². The molecule has 0 aromatic heterocycles. The molecule has 0 radical (unpaired) electrons. The molecular weight excluding hydrogens is 370 g/mol. The van der Waals surface area contributed by atoms with Crippen LogP contribution in [0.3, 0.4) is 0 Å². The second kappa shape index (κ2) is 7.73. The molecule has 5 aliphatic rings. The number of carbonyl (C=O) groups excluding carboxylic acids is 1. The van der Waals surface area contributed by atoms with Crippen LogP contribution < -0.4 is 0 Å². The highest BCUT2D eigenvalue weighted by molar-refractivity contribution is 5.79. The van der Waals surface area contributed by atoms with Crippen LogP contribution in [0.15, 0.2) is 11.6 Å². The Kier molecular flexibility index (Phi) is 5.46. The largest absolute Gasteiger partial charge is 0.393 e. The third-order valence-corrected chi connectivity index (χ3v) is 10.8. The summed E-state index contributed by atoms with van der Waals surface area (Å²) in [5, 5.41) is 10.2. The molecule has 1 N–H and O–H groups in total. The van der Waals surface area contributed by atoms with Crippen molar-refractivity contribution in [2.75, 3.05) is 19.6 Å². The number of allylic oxidation sites excluding steroid dienone is 1. The third-order valence-electron chi connectivity index (χ3n) is 10.8. The number of nitrogens with zero attached hydrogens (tertiary/aromatic N) is 1. The molecule has 1 aliphatic heterocycles. The highest BCUT2D eigenvalue weighted by Gasteiger charge is 2.59. The number of ketones is 1. The molecule has 5 rings (SSSR count). The number of piperidine rings is 1. The number of hydrogen-bond acceptors (Lipinski definition) is 3. The molecule has 0 bridgehead atoms. The normalized spacial score (nSPS) is 47.8. The van der Waals surface area contributed by atoms with Crippen LogP contribution in [0.4, 0.5) is 0 Å². The average Bonchev–Trinajstić information content (AvgIpc) is 3.07. The zero-order valence-corrected chi connectivity index (χ0v) is 19.5. The van der Waals surface area contributed by atoms with Gasteiger partial charge >= 0.3 is 0 Å². The maximum Gasteiger partial charge on any atom is 0.135 e. The van der Waals surface area contributed by atoms with Crippen molar-refractivity contribution in [1.82, 2.24) is 4.90 Å². The average molecular weight is 414 g/mol. The van der Waals surface area contributed by atoms with E-state index in [0.29, 0.717) is 16.6 Å². The first-order valence-electron chi connectivity index (χ1n) is 12.9. The maximum atomic E-state index is 11.6. The first kappa shape index (κ1) is 21.2. The smallest absolute Gasteiger partial charge is 0.135 e. The fraction of sp³-hybridized carbons (Fsp3) is 0.889. The monoisotopic (exact) mass is 413 g/mol. The lowest BCUT2D eigenvalue weighted by Crippen LogP contribution is -2.51. The number of fused-ring (bicyclic) bond motifs is 5. The first-order chi connectivity index (χ1) is 14.3. The summed E-state index contributed by atoms with van der Waals surface area (Å²) in [4.78, 5) is 14.2. The molecule has 4 fully saturated rings. The SMILES string of the molecule is C[C@H](CN1CCC(=O)CC1)[C@H]1CCC2C3CC=C4C[C@@H](O)CC[C@]4(C)C3CC[C@@]21C. The number of Topliss-reactive ketones (excluding diaryl/α,β-unsaturated/α-hetero) is 1. The van der Waals surface area contributed by atoms with Crippen molar-refractivity contribution < 1.29 is 9.90 Å². The van der Waals surface area contributed by atoms with Gasteiger partial charge in [0.25, 0.3) is 0 Å². The highest BCUT2D eigenvalue weighted by atomic mass is 16.3. The van der Waals surface area contributed by atoms with Gasteiger partial charge in [-0.05, 0) is 91.8 Å². The summed E-state index contributed by atoms with van der Waals surface area (Å²) in [6, 6.07) is 0. The zero-order valence-electron chi connectivity index (χ0n) is 19.5. The summed E-state index contributed by atoms with van der Waals surface area (Å²) < 4.78 is 0. The van der Waals surface area contributed by atoms with Gasteiger partial charge in [-0.2, -0.15) is 0 Å². The first-order valence-corrected chi connectivity index (χ1v) is 12.9. The molecule has 3 nitrogen and oxygen atoms in total. The summed E-state index contributed by atoms with van der Waals surface area (Å²) in [6.07, 6.45) is 14.0. The van der Waals surface area contributed by atoms with Crippen LogP contribution in [-0.2, 0) is 4.79 Å². The topological polar surface area (TPSA) is 40.5 Å². The van der Waals surface area contributed by atoms with Crippen LogP contribution >= 0.6 is 0 Å². The van der Waals surface area contributed by atoms with E-state index in [4.69, 9.17) is 0 Å². The van der Waals surface area contributed by atoms with Crippen molar-refractivity contribution in [3.63, 3.8) is 0 Å². The molecule has 0 spiro atoms. The Hall–Kier alpha value is -0.670. The predicted molar refractivity (Wildman–Crippen MR) is 121 cm³/mol. The van der Waals surface area contributed by atoms with Gasteiger partial charge in [-0.3, -0.25) is 4.79 Å². The molecule has 0 aromatic rings. The van der Waals surface area contributed by atoms with Gasteiger partial charge in [-0.15, -0.1) is 0 Å². The van der Waals surface area contributed by atoms with E-state index in [1.807, 2.05) is 0 Å². The molecule has 1 saturated heterocycles. The highest BCUT2D eigenvalue weighted by Crippen LogP contribution is 2.67. The standard InChI is InChI=1S/C27H43NO2/c1-18(17-28-14-10-20(29)11-15-28)23-6-7-24-22-5-4-19-16-21(30)8-12-26(19,2)25(22)9-13-27(23,24)3/h4,18,21-25,30H,5-17H2,1-3H3/t18-,21+,22?,23-,24?,25?,26+,27-/m1/s1. The second-order valence-corrected chi connectivity index (χ2v) is 12.2. The molecule has 168 valence electrons. The number of carbonyl (C=O) groups is 1. The van der Waals surface area contributed by atoms with Gasteiger partial charge < -0.3 is 10.0 Å².